The average molecular weight is 405 g/mol. The molecule has 1 aliphatic heterocycles. The van der Waals surface area contributed by atoms with Crippen molar-refractivity contribution < 1.29 is 4.74 Å². The molecule has 4 rings (SSSR count). The molecule has 1 N–H and O–H groups in total. The zero-order valence-electron chi connectivity index (χ0n) is 18.4. The molecule has 0 spiro atoms. The van der Waals surface area contributed by atoms with Crippen LogP contribution in [-0.4, -0.2) is 36.8 Å². The van der Waals surface area contributed by atoms with Crippen molar-refractivity contribution in [2.24, 2.45) is 5.92 Å². The maximum absolute atomic E-state index is 5.32. The third kappa shape index (κ3) is 4.46. The first kappa shape index (κ1) is 20.4. The van der Waals surface area contributed by atoms with Gasteiger partial charge in [0.05, 0.1) is 19.5 Å². The molecule has 0 amide bonds. The van der Waals surface area contributed by atoms with E-state index < -0.39 is 0 Å². The van der Waals surface area contributed by atoms with E-state index in [4.69, 9.17) is 4.74 Å². The van der Waals surface area contributed by atoms with E-state index in [0.717, 1.165) is 37.7 Å². The Hall–Kier alpha value is -2.92. The lowest BCUT2D eigenvalue weighted by atomic mass is 10.1. The number of aromatic nitrogens is 1. The monoisotopic (exact) mass is 404 g/mol. The molecule has 0 atom stereocenters. The molecule has 2 heterocycles. The minimum absolute atomic E-state index is 0.611. The Labute approximate surface area is 179 Å². The van der Waals surface area contributed by atoms with Gasteiger partial charge in [-0.25, -0.2) is 0 Å². The molecule has 0 radical (unpaired) electrons. The fourth-order valence-corrected chi connectivity index (χ4v) is 4.16. The van der Waals surface area contributed by atoms with Gasteiger partial charge >= 0.3 is 0 Å². The van der Waals surface area contributed by atoms with Crippen LogP contribution in [0.5, 0.6) is 5.75 Å². The van der Waals surface area contributed by atoms with Gasteiger partial charge in [-0.05, 0) is 42.8 Å². The van der Waals surface area contributed by atoms with Crippen molar-refractivity contribution in [1.29, 1.82) is 0 Å². The summed E-state index contributed by atoms with van der Waals surface area (Å²) in [5.74, 6) is 2.67. The predicted molar refractivity (Wildman–Crippen MR) is 125 cm³/mol. The molecular weight excluding hydrogens is 372 g/mol. The fourth-order valence-electron chi connectivity index (χ4n) is 4.16. The number of fused-ring (bicyclic) bond motifs is 1. The highest BCUT2D eigenvalue weighted by atomic mass is 16.5. The van der Waals surface area contributed by atoms with Crippen LogP contribution in [0.15, 0.2) is 60.8 Å². The average Bonchev–Trinajstić information content (AvgIpc) is 3.06. The van der Waals surface area contributed by atoms with Crippen LogP contribution in [0.25, 0.3) is 0 Å². The lowest BCUT2D eigenvalue weighted by molar-refractivity contribution is 0.304. The minimum atomic E-state index is 0.611. The van der Waals surface area contributed by atoms with Gasteiger partial charge in [-0.15, -0.1) is 0 Å². The molecule has 158 valence electrons. The van der Waals surface area contributed by atoms with Crippen molar-refractivity contribution in [2.75, 3.05) is 37.6 Å². The van der Waals surface area contributed by atoms with E-state index in [1.54, 1.807) is 7.11 Å². The highest BCUT2D eigenvalue weighted by Gasteiger charge is 2.27. The summed E-state index contributed by atoms with van der Waals surface area (Å²) < 4.78 is 7.67. The van der Waals surface area contributed by atoms with Crippen molar-refractivity contribution in [3.63, 3.8) is 0 Å². The number of para-hydroxylation sites is 1. The quantitative estimate of drug-likeness (QED) is 0.590. The van der Waals surface area contributed by atoms with Crippen LogP contribution in [0.3, 0.4) is 0 Å². The summed E-state index contributed by atoms with van der Waals surface area (Å²) in [7, 11) is 3.90. The van der Waals surface area contributed by atoms with Crippen LogP contribution in [0.1, 0.15) is 25.0 Å². The number of hydrogen-bond acceptors (Lipinski definition) is 4. The van der Waals surface area contributed by atoms with Crippen LogP contribution in [0, 0.1) is 5.92 Å². The largest absolute Gasteiger partial charge is 0.497 e. The highest BCUT2D eigenvalue weighted by Crippen LogP contribution is 2.37. The zero-order valence-corrected chi connectivity index (χ0v) is 18.4. The number of nitrogens with one attached hydrogen (secondary N) is 1. The summed E-state index contributed by atoms with van der Waals surface area (Å²) in [6.07, 6.45) is 2.32. The summed E-state index contributed by atoms with van der Waals surface area (Å²) in [6.45, 7) is 8.33. The van der Waals surface area contributed by atoms with Gasteiger partial charge in [0.1, 0.15) is 11.6 Å². The Morgan fingerprint density at radius 2 is 1.77 bits per heavy atom. The van der Waals surface area contributed by atoms with Gasteiger partial charge in [0, 0.05) is 37.1 Å². The van der Waals surface area contributed by atoms with Gasteiger partial charge in [0.2, 0.25) is 0 Å². The summed E-state index contributed by atoms with van der Waals surface area (Å²) in [5, 5.41) is 3.70. The van der Waals surface area contributed by atoms with Crippen LogP contribution < -0.4 is 15.0 Å². The van der Waals surface area contributed by atoms with E-state index in [0.29, 0.717) is 5.92 Å². The molecule has 5 heteroatoms. The Kier molecular flexibility index (Phi) is 6.00. The lowest BCUT2D eigenvalue weighted by Gasteiger charge is -2.36. The minimum Gasteiger partial charge on any atom is -0.497 e. The van der Waals surface area contributed by atoms with Gasteiger partial charge in [0.15, 0.2) is 0 Å². The Morgan fingerprint density at radius 1 is 1.03 bits per heavy atom. The number of anilines is 3. The summed E-state index contributed by atoms with van der Waals surface area (Å²) in [6, 6.07) is 18.8. The van der Waals surface area contributed by atoms with Gasteiger partial charge in [-0.2, -0.15) is 0 Å². The Balaban J connectivity index is 1.73. The van der Waals surface area contributed by atoms with Crippen molar-refractivity contribution in [3.8, 4) is 5.75 Å². The van der Waals surface area contributed by atoms with Crippen molar-refractivity contribution >= 4 is 17.2 Å². The van der Waals surface area contributed by atoms with Crippen molar-refractivity contribution in [3.05, 3.63) is 71.9 Å². The number of rotatable bonds is 7. The molecule has 0 unspecified atom stereocenters. The highest BCUT2D eigenvalue weighted by molar-refractivity contribution is 5.71. The number of hydrogen-bond donors (Lipinski definition) is 1. The maximum Gasteiger partial charge on any atom is 0.118 e. The second-order valence-corrected chi connectivity index (χ2v) is 8.58. The molecule has 0 fully saturated rings. The van der Waals surface area contributed by atoms with Gasteiger partial charge in [-0.3, -0.25) is 4.90 Å². The molecule has 0 saturated heterocycles. The lowest BCUT2D eigenvalue weighted by Crippen LogP contribution is -2.41. The van der Waals surface area contributed by atoms with E-state index in [9.17, 15) is 0 Å². The summed E-state index contributed by atoms with van der Waals surface area (Å²) in [4.78, 5) is 4.89. The van der Waals surface area contributed by atoms with E-state index in [1.807, 2.05) is 12.1 Å². The first-order valence-electron chi connectivity index (χ1n) is 10.6. The first-order chi connectivity index (χ1) is 14.5. The van der Waals surface area contributed by atoms with Gasteiger partial charge < -0.3 is 19.5 Å². The Morgan fingerprint density at radius 3 is 2.43 bits per heavy atom. The van der Waals surface area contributed by atoms with Gasteiger partial charge in [0.25, 0.3) is 0 Å². The first-order valence-corrected chi connectivity index (χ1v) is 10.6. The Bertz CT molecular complexity index is 963. The molecule has 30 heavy (non-hydrogen) atoms. The van der Waals surface area contributed by atoms with E-state index in [1.165, 1.54) is 22.6 Å². The molecule has 0 saturated carbocycles. The second kappa shape index (κ2) is 8.84. The van der Waals surface area contributed by atoms with Crippen LogP contribution in [-0.2, 0) is 13.1 Å². The smallest absolute Gasteiger partial charge is 0.118 e. The normalized spacial score (nSPS) is 14.1. The van der Waals surface area contributed by atoms with Crippen molar-refractivity contribution in [1.82, 2.24) is 9.47 Å². The van der Waals surface area contributed by atoms with Gasteiger partial charge in [-0.1, -0.05) is 44.2 Å². The molecule has 2 aromatic carbocycles. The third-order valence-corrected chi connectivity index (χ3v) is 5.48. The van der Waals surface area contributed by atoms with E-state index in [-0.39, 0.29) is 0 Å². The number of nitrogens with zero attached hydrogens (tertiary/aromatic N) is 3. The number of ether oxygens (including phenoxy) is 1. The number of methoxy groups -OCH3 is 1. The van der Waals surface area contributed by atoms with Crippen LogP contribution >= 0.6 is 0 Å². The molecule has 5 nitrogen and oxygen atoms in total. The third-order valence-electron chi connectivity index (χ3n) is 5.48. The second-order valence-electron chi connectivity index (χ2n) is 8.58. The van der Waals surface area contributed by atoms with Crippen LogP contribution in [0.2, 0.25) is 0 Å². The van der Waals surface area contributed by atoms with Crippen LogP contribution in [0.4, 0.5) is 17.2 Å². The predicted octanol–water partition coefficient (Wildman–Crippen LogP) is 5.15. The van der Waals surface area contributed by atoms with E-state index in [2.05, 4.69) is 89.2 Å². The fraction of sp³-hybridized carbons (Fsp3) is 0.360. The summed E-state index contributed by atoms with van der Waals surface area (Å²) >= 11 is 0. The van der Waals surface area contributed by atoms with E-state index >= 15 is 0 Å². The zero-order chi connectivity index (χ0) is 21.1. The molecule has 0 aliphatic carbocycles. The molecule has 1 aromatic heterocycles. The number of benzene rings is 2. The maximum atomic E-state index is 5.32. The molecule has 0 bridgehead atoms. The van der Waals surface area contributed by atoms with Crippen molar-refractivity contribution in [2.45, 2.75) is 26.9 Å². The molecule has 3 aromatic rings. The standard InChI is InChI=1S/C25H32N4O/c1-19(2)14-29-18-27(3)16-23-24(29)17-28(15-20-10-12-22(30-4)13-11-20)25(23)26-21-8-6-5-7-9-21/h5-13,17,19,26H,14-16,18H2,1-4H3. The summed E-state index contributed by atoms with van der Waals surface area (Å²) in [5.41, 5.74) is 5.07. The molecular formula is C25H32N4O. The SMILES string of the molecule is COc1ccc(Cn2cc3c(c2Nc2ccccc2)CN(C)CN3CC(C)C)cc1. The topological polar surface area (TPSA) is 32.7 Å². The molecule has 1 aliphatic rings.